The monoisotopic (exact) mass is 333 g/mol. The average Bonchev–Trinajstić information content (AvgIpc) is 2.54. The third-order valence-corrected chi connectivity index (χ3v) is 4.43. The molecular formula is C16H19N3O3S. The molecule has 1 aromatic carbocycles. The molecular weight excluding hydrogens is 314 g/mol. The van der Waals surface area contributed by atoms with Crippen molar-refractivity contribution in [3.05, 3.63) is 63.8 Å². The summed E-state index contributed by atoms with van der Waals surface area (Å²) in [5.74, 6) is 2.11. The number of rotatable bonds is 8. The summed E-state index contributed by atoms with van der Waals surface area (Å²) < 4.78 is 0. The molecule has 0 aliphatic rings. The molecule has 23 heavy (non-hydrogen) atoms. The normalized spacial score (nSPS) is 11.9. The van der Waals surface area contributed by atoms with Gasteiger partial charge in [-0.3, -0.25) is 10.1 Å². The first-order valence-electron chi connectivity index (χ1n) is 7.21. The van der Waals surface area contributed by atoms with Gasteiger partial charge in [0.1, 0.15) is 11.5 Å². The van der Waals surface area contributed by atoms with Crippen LogP contribution in [0, 0.1) is 17.0 Å². The van der Waals surface area contributed by atoms with Crippen LogP contribution in [-0.4, -0.2) is 33.4 Å². The molecule has 1 aromatic heterocycles. The standard InChI is InChI=1S/C16H19N3O3S/c1-12-15(19(21)22)7-8-16(17-12)18-14(9-20)11-23-10-13-5-3-2-4-6-13/h2-8,14,20H,9-11H2,1H3,(H,17,18)/t14-/m0/s1. The minimum Gasteiger partial charge on any atom is -0.394 e. The maximum Gasteiger partial charge on any atom is 0.290 e. The van der Waals surface area contributed by atoms with Gasteiger partial charge in [0.05, 0.1) is 17.6 Å². The van der Waals surface area contributed by atoms with Gasteiger partial charge in [0.25, 0.3) is 5.69 Å². The number of thioether (sulfide) groups is 1. The van der Waals surface area contributed by atoms with Gasteiger partial charge in [-0.15, -0.1) is 0 Å². The molecule has 0 radical (unpaired) electrons. The number of aryl methyl sites for hydroxylation is 1. The van der Waals surface area contributed by atoms with E-state index in [4.69, 9.17) is 0 Å². The van der Waals surface area contributed by atoms with Crippen molar-refractivity contribution in [1.82, 2.24) is 4.98 Å². The Hall–Kier alpha value is -2.12. The molecule has 0 spiro atoms. The molecule has 0 unspecified atom stereocenters. The topological polar surface area (TPSA) is 88.3 Å². The van der Waals surface area contributed by atoms with Gasteiger partial charge in [0, 0.05) is 17.6 Å². The molecule has 0 bridgehead atoms. The molecule has 1 atom stereocenters. The van der Waals surface area contributed by atoms with Crippen LogP contribution in [0.5, 0.6) is 0 Å². The lowest BCUT2D eigenvalue weighted by Crippen LogP contribution is -2.27. The lowest BCUT2D eigenvalue weighted by molar-refractivity contribution is -0.385. The van der Waals surface area contributed by atoms with Crippen molar-refractivity contribution in [3.8, 4) is 0 Å². The van der Waals surface area contributed by atoms with E-state index in [1.807, 2.05) is 18.2 Å². The first-order valence-corrected chi connectivity index (χ1v) is 8.36. The Labute approximate surface area is 139 Å². The predicted octanol–water partition coefficient (Wildman–Crippen LogP) is 3.00. The molecule has 0 aliphatic heterocycles. The van der Waals surface area contributed by atoms with Crippen LogP contribution in [0.25, 0.3) is 0 Å². The van der Waals surface area contributed by atoms with Crippen molar-refractivity contribution in [3.63, 3.8) is 0 Å². The van der Waals surface area contributed by atoms with Crippen molar-refractivity contribution >= 4 is 23.3 Å². The van der Waals surface area contributed by atoms with E-state index >= 15 is 0 Å². The summed E-state index contributed by atoms with van der Waals surface area (Å²) in [4.78, 5) is 14.5. The summed E-state index contributed by atoms with van der Waals surface area (Å²) in [5, 5.41) is 23.4. The zero-order chi connectivity index (χ0) is 16.7. The van der Waals surface area contributed by atoms with Gasteiger partial charge in [-0.1, -0.05) is 30.3 Å². The Morgan fingerprint density at radius 1 is 1.30 bits per heavy atom. The first kappa shape index (κ1) is 17.2. The molecule has 2 rings (SSSR count). The van der Waals surface area contributed by atoms with E-state index in [9.17, 15) is 15.2 Å². The largest absolute Gasteiger partial charge is 0.394 e. The quantitative estimate of drug-likeness (QED) is 0.570. The maximum atomic E-state index is 10.8. The molecule has 0 saturated carbocycles. The number of hydrogen-bond donors (Lipinski definition) is 2. The summed E-state index contributed by atoms with van der Waals surface area (Å²) in [6, 6.07) is 13.0. The summed E-state index contributed by atoms with van der Waals surface area (Å²) >= 11 is 1.71. The Kier molecular flexibility index (Phi) is 6.37. The molecule has 6 nitrogen and oxygen atoms in total. The summed E-state index contributed by atoms with van der Waals surface area (Å²) in [6.45, 7) is 1.57. The Morgan fingerprint density at radius 3 is 2.65 bits per heavy atom. The molecule has 7 heteroatoms. The van der Waals surface area contributed by atoms with Crippen LogP contribution in [-0.2, 0) is 5.75 Å². The Bertz CT molecular complexity index is 652. The highest BCUT2D eigenvalue weighted by Gasteiger charge is 2.14. The zero-order valence-electron chi connectivity index (χ0n) is 12.8. The maximum absolute atomic E-state index is 10.8. The van der Waals surface area contributed by atoms with Crippen LogP contribution in [0.3, 0.4) is 0 Å². The minimum absolute atomic E-state index is 0.00505. The first-order chi connectivity index (χ1) is 11.1. The van der Waals surface area contributed by atoms with Crippen molar-refractivity contribution in [2.75, 3.05) is 17.7 Å². The number of aliphatic hydroxyl groups excluding tert-OH is 1. The average molecular weight is 333 g/mol. The van der Waals surface area contributed by atoms with Gasteiger partial charge in [-0.25, -0.2) is 4.98 Å². The minimum atomic E-state index is -0.453. The second-order valence-electron chi connectivity index (χ2n) is 5.08. The van der Waals surface area contributed by atoms with Crippen molar-refractivity contribution in [1.29, 1.82) is 0 Å². The van der Waals surface area contributed by atoms with E-state index in [0.29, 0.717) is 17.3 Å². The summed E-state index contributed by atoms with van der Waals surface area (Å²) in [5.41, 5.74) is 1.58. The number of nitrogens with zero attached hydrogens (tertiary/aromatic N) is 2. The molecule has 2 N–H and O–H groups in total. The lowest BCUT2D eigenvalue weighted by atomic mass is 10.2. The van der Waals surface area contributed by atoms with Crippen molar-refractivity contribution in [2.24, 2.45) is 0 Å². The second-order valence-corrected chi connectivity index (χ2v) is 6.11. The number of benzene rings is 1. The highest BCUT2D eigenvalue weighted by atomic mass is 32.2. The van der Waals surface area contributed by atoms with Crippen LogP contribution < -0.4 is 5.32 Å². The van der Waals surface area contributed by atoms with Crippen molar-refractivity contribution < 1.29 is 10.0 Å². The molecule has 0 saturated heterocycles. The van der Waals surface area contributed by atoms with Gasteiger partial charge in [-0.2, -0.15) is 11.8 Å². The van der Waals surface area contributed by atoms with E-state index in [1.165, 1.54) is 11.6 Å². The van der Waals surface area contributed by atoms with Crippen LogP contribution in [0.1, 0.15) is 11.3 Å². The van der Waals surface area contributed by atoms with Crippen molar-refractivity contribution in [2.45, 2.75) is 18.7 Å². The van der Waals surface area contributed by atoms with Crippen LogP contribution in [0.4, 0.5) is 11.5 Å². The highest BCUT2D eigenvalue weighted by Crippen LogP contribution is 2.19. The van der Waals surface area contributed by atoms with E-state index in [2.05, 4.69) is 22.4 Å². The number of pyridine rings is 1. The molecule has 122 valence electrons. The predicted molar refractivity (Wildman–Crippen MR) is 92.7 cm³/mol. The van der Waals surface area contributed by atoms with E-state index in [-0.39, 0.29) is 18.3 Å². The molecule has 2 aromatic rings. The van der Waals surface area contributed by atoms with Gasteiger partial charge < -0.3 is 10.4 Å². The number of hydrogen-bond acceptors (Lipinski definition) is 6. The Balaban J connectivity index is 1.89. The van der Waals surface area contributed by atoms with E-state index in [1.54, 1.807) is 24.8 Å². The smallest absolute Gasteiger partial charge is 0.290 e. The Morgan fingerprint density at radius 2 is 2.04 bits per heavy atom. The van der Waals surface area contributed by atoms with Gasteiger partial charge in [-0.05, 0) is 18.6 Å². The number of nitro groups is 1. The molecule has 0 amide bonds. The summed E-state index contributed by atoms with van der Waals surface area (Å²) in [6.07, 6.45) is 0. The number of aliphatic hydroxyl groups is 1. The van der Waals surface area contributed by atoms with Crippen LogP contribution in [0.2, 0.25) is 0 Å². The van der Waals surface area contributed by atoms with E-state index < -0.39 is 4.92 Å². The fourth-order valence-corrected chi connectivity index (χ4v) is 3.09. The second kappa shape index (κ2) is 8.50. The van der Waals surface area contributed by atoms with Crippen LogP contribution in [0.15, 0.2) is 42.5 Å². The van der Waals surface area contributed by atoms with Gasteiger partial charge in [0.15, 0.2) is 0 Å². The van der Waals surface area contributed by atoms with Gasteiger partial charge >= 0.3 is 0 Å². The molecule has 0 aliphatic carbocycles. The van der Waals surface area contributed by atoms with Gasteiger partial charge in [0.2, 0.25) is 0 Å². The van der Waals surface area contributed by atoms with Crippen LogP contribution >= 0.6 is 11.8 Å². The number of aromatic nitrogens is 1. The fourth-order valence-electron chi connectivity index (χ4n) is 2.07. The third-order valence-electron chi connectivity index (χ3n) is 3.26. The lowest BCUT2D eigenvalue weighted by Gasteiger charge is -2.16. The molecule has 0 fully saturated rings. The summed E-state index contributed by atoms with van der Waals surface area (Å²) in [7, 11) is 0. The molecule has 1 heterocycles. The highest BCUT2D eigenvalue weighted by molar-refractivity contribution is 7.98. The zero-order valence-corrected chi connectivity index (χ0v) is 13.6. The number of nitrogens with one attached hydrogen (secondary N) is 1. The SMILES string of the molecule is Cc1nc(N[C@@H](CO)CSCc2ccccc2)ccc1[N+](=O)[O-]. The third kappa shape index (κ3) is 5.22. The fraction of sp³-hybridized carbons (Fsp3) is 0.312. The number of anilines is 1. The van der Waals surface area contributed by atoms with E-state index in [0.717, 1.165) is 5.75 Å².